The predicted molar refractivity (Wildman–Crippen MR) is 97.9 cm³/mol. The van der Waals surface area contributed by atoms with E-state index >= 15 is 0 Å². The highest BCUT2D eigenvalue weighted by Crippen LogP contribution is 2.33. The Morgan fingerprint density at radius 1 is 1.19 bits per heavy atom. The molecule has 1 aliphatic rings. The number of carbonyl (C=O) groups is 2. The van der Waals surface area contributed by atoms with E-state index in [0.717, 1.165) is 16.0 Å². The maximum absolute atomic E-state index is 12.1. The second kappa shape index (κ2) is 6.95. The van der Waals surface area contributed by atoms with Crippen LogP contribution in [0.5, 0.6) is 0 Å². The van der Waals surface area contributed by atoms with E-state index in [-0.39, 0.29) is 29.6 Å². The number of nitro benzene ring substituents is 1. The van der Waals surface area contributed by atoms with Crippen LogP contribution < -0.4 is 10.2 Å². The molecule has 1 fully saturated rings. The van der Waals surface area contributed by atoms with Crippen molar-refractivity contribution in [3.05, 3.63) is 63.7 Å². The zero-order valence-corrected chi connectivity index (χ0v) is 14.6. The van der Waals surface area contributed by atoms with E-state index < -0.39 is 10.8 Å². The summed E-state index contributed by atoms with van der Waals surface area (Å²) in [5.74, 6) is -1.07. The lowest BCUT2D eigenvalue weighted by atomic mass is 10.1. The molecule has 0 unspecified atom stereocenters. The SMILES string of the molecule is Cc1ccc(CNc2ccc(N3C(=O)C[C@H](C)C3=O)cc2[N+](=O)[O-])cc1. The summed E-state index contributed by atoms with van der Waals surface area (Å²) < 4.78 is 0. The molecule has 1 N–H and O–H groups in total. The Hall–Kier alpha value is -3.22. The van der Waals surface area contributed by atoms with Gasteiger partial charge in [-0.05, 0) is 24.6 Å². The molecule has 1 aliphatic heterocycles. The molecule has 134 valence electrons. The second-order valence-electron chi connectivity index (χ2n) is 6.47. The highest BCUT2D eigenvalue weighted by atomic mass is 16.6. The first-order valence-corrected chi connectivity index (χ1v) is 8.31. The number of nitrogens with zero attached hydrogens (tertiary/aromatic N) is 2. The van der Waals surface area contributed by atoms with E-state index in [0.29, 0.717) is 12.2 Å². The van der Waals surface area contributed by atoms with Crippen LogP contribution in [0, 0.1) is 23.0 Å². The van der Waals surface area contributed by atoms with Crippen LogP contribution in [0.15, 0.2) is 42.5 Å². The molecule has 1 heterocycles. The molecule has 0 aliphatic carbocycles. The van der Waals surface area contributed by atoms with Crippen molar-refractivity contribution < 1.29 is 14.5 Å². The third-order valence-electron chi connectivity index (χ3n) is 4.41. The summed E-state index contributed by atoms with van der Waals surface area (Å²) in [6.07, 6.45) is 0.125. The van der Waals surface area contributed by atoms with Crippen LogP contribution in [0.3, 0.4) is 0 Å². The fourth-order valence-electron chi connectivity index (χ4n) is 2.92. The molecule has 7 heteroatoms. The zero-order chi connectivity index (χ0) is 18.8. The van der Waals surface area contributed by atoms with Crippen LogP contribution >= 0.6 is 0 Å². The molecule has 2 aromatic rings. The first kappa shape index (κ1) is 17.6. The Kier molecular flexibility index (Phi) is 4.71. The van der Waals surface area contributed by atoms with Crippen molar-refractivity contribution in [2.75, 3.05) is 10.2 Å². The van der Waals surface area contributed by atoms with E-state index in [1.807, 2.05) is 31.2 Å². The van der Waals surface area contributed by atoms with E-state index in [1.165, 1.54) is 12.1 Å². The number of amides is 2. The molecule has 0 saturated carbocycles. The standard InChI is InChI=1S/C19H19N3O4/c1-12-3-5-14(6-4-12)11-20-16-8-7-15(10-17(16)22(25)26)21-18(23)9-13(2)19(21)24/h3-8,10,13,20H,9,11H2,1-2H3/t13-/m0/s1. The number of carbonyl (C=O) groups excluding carboxylic acids is 2. The quantitative estimate of drug-likeness (QED) is 0.505. The fourth-order valence-corrected chi connectivity index (χ4v) is 2.92. The van der Waals surface area contributed by atoms with Crippen molar-refractivity contribution in [2.45, 2.75) is 26.8 Å². The van der Waals surface area contributed by atoms with Gasteiger partial charge in [0.05, 0.1) is 10.6 Å². The number of hydrogen-bond acceptors (Lipinski definition) is 5. The van der Waals surface area contributed by atoms with E-state index in [4.69, 9.17) is 0 Å². The fraction of sp³-hybridized carbons (Fsp3) is 0.263. The molecule has 0 spiro atoms. The molecule has 1 saturated heterocycles. The van der Waals surface area contributed by atoms with Gasteiger partial charge in [-0.15, -0.1) is 0 Å². The Morgan fingerprint density at radius 2 is 1.88 bits per heavy atom. The van der Waals surface area contributed by atoms with Gasteiger partial charge in [0, 0.05) is 24.9 Å². The minimum Gasteiger partial charge on any atom is -0.375 e. The molecule has 0 bridgehead atoms. The van der Waals surface area contributed by atoms with Gasteiger partial charge < -0.3 is 5.32 Å². The molecule has 0 radical (unpaired) electrons. The first-order valence-electron chi connectivity index (χ1n) is 8.31. The van der Waals surface area contributed by atoms with Crippen molar-refractivity contribution >= 4 is 28.9 Å². The van der Waals surface area contributed by atoms with Gasteiger partial charge in [0.2, 0.25) is 11.8 Å². The van der Waals surface area contributed by atoms with Crippen molar-refractivity contribution in [3.63, 3.8) is 0 Å². The van der Waals surface area contributed by atoms with Crippen molar-refractivity contribution in [1.82, 2.24) is 0 Å². The molecule has 26 heavy (non-hydrogen) atoms. The predicted octanol–water partition coefficient (Wildman–Crippen LogP) is 3.41. The lowest BCUT2D eigenvalue weighted by Gasteiger charge is -2.15. The summed E-state index contributed by atoms with van der Waals surface area (Å²) in [5.41, 5.74) is 2.53. The van der Waals surface area contributed by atoms with Gasteiger partial charge in [-0.3, -0.25) is 24.6 Å². The van der Waals surface area contributed by atoms with Crippen LogP contribution in [-0.4, -0.2) is 16.7 Å². The van der Waals surface area contributed by atoms with E-state index in [9.17, 15) is 19.7 Å². The number of hydrogen-bond donors (Lipinski definition) is 1. The molecule has 3 rings (SSSR count). The third-order valence-corrected chi connectivity index (χ3v) is 4.41. The molecular formula is C19H19N3O4. The minimum atomic E-state index is -0.518. The van der Waals surface area contributed by atoms with Gasteiger partial charge in [-0.2, -0.15) is 0 Å². The number of benzene rings is 2. The summed E-state index contributed by atoms with van der Waals surface area (Å²) in [6, 6.07) is 12.2. The second-order valence-corrected chi connectivity index (χ2v) is 6.47. The summed E-state index contributed by atoms with van der Waals surface area (Å²) in [5, 5.41) is 14.5. The van der Waals surface area contributed by atoms with Gasteiger partial charge in [0.25, 0.3) is 5.69 Å². The summed E-state index contributed by atoms with van der Waals surface area (Å²) in [6.45, 7) is 4.09. The van der Waals surface area contributed by atoms with Gasteiger partial charge >= 0.3 is 0 Å². The summed E-state index contributed by atoms with van der Waals surface area (Å²) >= 11 is 0. The number of rotatable bonds is 5. The highest BCUT2D eigenvalue weighted by molar-refractivity contribution is 6.21. The van der Waals surface area contributed by atoms with Crippen LogP contribution in [0.2, 0.25) is 0 Å². The van der Waals surface area contributed by atoms with Gasteiger partial charge in [0.1, 0.15) is 5.69 Å². The maximum Gasteiger partial charge on any atom is 0.294 e. The first-order chi connectivity index (χ1) is 12.4. The average Bonchev–Trinajstić information content (AvgIpc) is 2.86. The van der Waals surface area contributed by atoms with Gasteiger partial charge in [-0.1, -0.05) is 36.8 Å². The average molecular weight is 353 g/mol. The normalized spacial score (nSPS) is 16.8. The highest BCUT2D eigenvalue weighted by Gasteiger charge is 2.37. The largest absolute Gasteiger partial charge is 0.375 e. The minimum absolute atomic E-state index is 0.125. The van der Waals surface area contributed by atoms with Crippen molar-refractivity contribution in [1.29, 1.82) is 0 Å². The molecule has 0 aromatic heterocycles. The molecule has 2 aromatic carbocycles. The van der Waals surface area contributed by atoms with Crippen molar-refractivity contribution in [2.24, 2.45) is 5.92 Å². The molecule has 2 amide bonds. The topological polar surface area (TPSA) is 92.6 Å². The molecule has 7 nitrogen and oxygen atoms in total. The Balaban J connectivity index is 1.85. The number of imide groups is 1. The van der Waals surface area contributed by atoms with Gasteiger partial charge in [-0.25, -0.2) is 0 Å². The van der Waals surface area contributed by atoms with Gasteiger partial charge in [0.15, 0.2) is 0 Å². The number of aryl methyl sites for hydroxylation is 1. The van der Waals surface area contributed by atoms with Crippen LogP contribution in [-0.2, 0) is 16.1 Å². The Bertz CT molecular complexity index is 877. The Labute approximate surface area is 150 Å². The van der Waals surface area contributed by atoms with Crippen LogP contribution in [0.25, 0.3) is 0 Å². The number of anilines is 2. The van der Waals surface area contributed by atoms with E-state index in [2.05, 4.69) is 5.32 Å². The monoisotopic (exact) mass is 353 g/mol. The van der Waals surface area contributed by atoms with E-state index in [1.54, 1.807) is 13.0 Å². The summed E-state index contributed by atoms with van der Waals surface area (Å²) in [4.78, 5) is 36.1. The Morgan fingerprint density at radius 3 is 2.46 bits per heavy atom. The molecular weight excluding hydrogens is 334 g/mol. The molecule has 1 atom stereocenters. The van der Waals surface area contributed by atoms with Crippen molar-refractivity contribution in [3.8, 4) is 0 Å². The number of nitrogens with one attached hydrogen (secondary N) is 1. The maximum atomic E-state index is 12.1. The van der Waals surface area contributed by atoms with Crippen LogP contribution in [0.1, 0.15) is 24.5 Å². The van der Waals surface area contributed by atoms with Crippen LogP contribution in [0.4, 0.5) is 17.1 Å². The smallest absolute Gasteiger partial charge is 0.294 e. The lowest BCUT2D eigenvalue weighted by Crippen LogP contribution is -2.30. The lowest BCUT2D eigenvalue weighted by molar-refractivity contribution is -0.383. The zero-order valence-electron chi connectivity index (χ0n) is 14.6. The number of nitro groups is 1. The summed E-state index contributed by atoms with van der Waals surface area (Å²) in [7, 11) is 0. The third kappa shape index (κ3) is 3.42.